The average Bonchev–Trinajstić information content (AvgIpc) is 2.94. The molecule has 0 saturated heterocycles. The summed E-state index contributed by atoms with van der Waals surface area (Å²) in [5.74, 6) is 0. The first-order valence-corrected chi connectivity index (χ1v) is 16.2. The molecule has 0 radical (unpaired) electrons. The molecule has 36 heavy (non-hydrogen) atoms. The van der Waals surface area contributed by atoms with E-state index in [4.69, 9.17) is 0 Å². The van der Waals surface area contributed by atoms with Gasteiger partial charge in [0.1, 0.15) is 0 Å². The van der Waals surface area contributed by atoms with Crippen molar-refractivity contribution in [3.63, 3.8) is 0 Å². The van der Waals surface area contributed by atoms with Crippen LogP contribution in [0, 0.1) is 10.5 Å². The highest BCUT2D eigenvalue weighted by molar-refractivity contribution is 14.1. The monoisotopic (exact) mass is 618 g/mol. The highest BCUT2D eigenvalue weighted by atomic mass is 127. The largest absolute Gasteiger partial charge is 0.309 e. The van der Waals surface area contributed by atoms with Crippen molar-refractivity contribution in [1.29, 1.82) is 0 Å². The molecular weight excluding hydrogens is 593 g/mol. The second-order valence-corrected chi connectivity index (χ2v) is 15.5. The molecule has 0 bridgehead atoms. The summed E-state index contributed by atoms with van der Waals surface area (Å²) in [7, 11) is -6.22. The predicted molar refractivity (Wildman–Crippen MR) is 163 cm³/mol. The van der Waals surface area contributed by atoms with Crippen molar-refractivity contribution in [3.05, 3.63) is 143 Å². The molecule has 0 aromatic heterocycles. The molecule has 0 aliphatic carbocycles. The maximum absolute atomic E-state index is 14.8. The lowest BCUT2D eigenvalue weighted by molar-refractivity contribution is 0.591. The Morgan fingerprint density at radius 3 is 1.06 bits per heavy atom. The first kappa shape index (κ1) is 25.0. The minimum atomic E-state index is -3.11. The van der Waals surface area contributed by atoms with E-state index >= 15 is 0 Å². The summed E-state index contributed by atoms with van der Waals surface area (Å²) >= 11 is 2.26. The third kappa shape index (κ3) is 4.57. The van der Waals surface area contributed by atoms with E-state index in [-0.39, 0.29) is 0 Å². The fraction of sp³-hybridized carbons (Fsp3) is 0.0323. The molecule has 5 aromatic rings. The van der Waals surface area contributed by atoms with Gasteiger partial charge in [-0.25, -0.2) is 0 Å². The second kappa shape index (κ2) is 10.3. The molecule has 0 aliphatic heterocycles. The molecule has 0 amide bonds. The lowest BCUT2D eigenvalue weighted by Crippen LogP contribution is -2.28. The molecule has 0 heterocycles. The van der Waals surface area contributed by atoms with Gasteiger partial charge in [-0.2, -0.15) is 0 Å². The van der Waals surface area contributed by atoms with Crippen molar-refractivity contribution >= 4 is 68.7 Å². The number of hydrogen-bond acceptors (Lipinski definition) is 2. The minimum Gasteiger partial charge on any atom is -0.309 e. The van der Waals surface area contributed by atoms with E-state index in [0.717, 1.165) is 41.0 Å². The Hall–Kier alpha value is -2.71. The third-order valence-electron chi connectivity index (χ3n) is 6.40. The van der Waals surface area contributed by atoms with Crippen LogP contribution >= 0.6 is 36.9 Å². The number of benzene rings is 5. The summed E-state index contributed by atoms with van der Waals surface area (Å²) in [4.78, 5) is 0. The molecule has 0 saturated carbocycles. The third-order valence-corrected chi connectivity index (χ3v) is 13.3. The van der Waals surface area contributed by atoms with Crippen LogP contribution < -0.4 is 31.8 Å². The van der Waals surface area contributed by atoms with Crippen LogP contribution in [0.5, 0.6) is 0 Å². The van der Waals surface area contributed by atoms with Gasteiger partial charge in [0.15, 0.2) is 14.3 Å². The fourth-order valence-corrected chi connectivity index (χ4v) is 10.1. The van der Waals surface area contributed by atoms with Crippen LogP contribution in [0.15, 0.2) is 133 Å². The van der Waals surface area contributed by atoms with E-state index in [1.807, 2.05) is 140 Å². The van der Waals surface area contributed by atoms with Crippen molar-refractivity contribution in [3.8, 4) is 0 Å². The van der Waals surface area contributed by atoms with Crippen LogP contribution in [0.3, 0.4) is 0 Å². The van der Waals surface area contributed by atoms with Crippen molar-refractivity contribution in [1.82, 2.24) is 0 Å². The topological polar surface area (TPSA) is 34.1 Å². The molecule has 2 atom stereocenters. The predicted octanol–water partition coefficient (Wildman–Crippen LogP) is 5.88. The van der Waals surface area contributed by atoms with E-state index in [1.54, 1.807) is 0 Å². The van der Waals surface area contributed by atoms with Gasteiger partial charge in [0.25, 0.3) is 0 Å². The van der Waals surface area contributed by atoms with E-state index < -0.39 is 14.3 Å². The van der Waals surface area contributed by atoms with Gasteiger partial charge in [-0.1, -0.05) is 115 Å². The van der Waals surface area contributed by atoms with Crippen LogP contribution in [0.4, 0.5) is 0 Å². The number of rotatable bonds is 6. The Morgan fingerprint density at radius 2 is 0.694 bits per heavy atom. The summed E-state index contributed by atoms with van der Waals surface area (Å²) in [5, 5.41) is 4.59. The van der Waals surface area contributed by atoms with Gasteiger partial charge in [0.05, 0.1) is 0 Å². The SMILES string of the molecule is Cc1ccc(P(=O)(c2ccccc2)c2ccc(P(=O)(c3ccccc3)c3ccc(I)cc3)cc2)cc1. The number of hydrogen-bond donors (Lipinski definition) is 0. The maximum Gasteiger partial charge on any atom is 0.171 e. The Kier molecular flexibility index (Phi) is 7.17. The molecule has 5 rings (SSSR count). The number of aryl methyl sites for hydroxylation is 1. The zero-order valence-corrected chi connectivity index (χ0v) is 23.7. The highest BCUT2D eigenvalue weighted by Gasteiger charge is 2.33. The zero-order chi connectivity index (χ0) is 25.2. The van der Waals surface area contributed by atoms with Crippen molar-refractivity contribution in [2.45, 2.75) is 6.92 Å². The maximum atomic E-state index is 14.8. The lowest BCUT2D eigenvalue weighted by Gasteiger charge is -2.23. The molecule has 2 unspecified atom stereocenters. The molecule has 0 spiro atoms. The van der Waals surface area contributed by atoms with Gasteiger partial charge in [-0.15, -0.1) is 0 Å². The quantitative estimate of drug-likeness (QED) is 0.176. The van der Waals surface area contributed by atoms with Crippen LogP contribution in [0.25, 0.3) is 0 Å². The summed E-state index contributed by atoms with van der Waals surface area (Å²) in [6, 6.07) is 42.6. The summed E-state index contributed by atoms with van der Waals surface area (Å²) in [5.41, 5.74) is 1.12. The molecule has 0 N–H and O–H groups in total. The zero-order valence-electron chi connectivity index (χ0n) is 19.8. The van der Waals surface area contributed by atoms with Gasteiger partial charge in [-0.05, 0) is 53.8 Å². The highest BCUT2D eigenvalue weighted by Crippen LogP contribution is 2.45. The average molecular weight is 618 g/mol. The lowest BCUT2D eigenvalue weighted by atomic mass is 10.2. The Labute approximate surface area is 226 Å². The van der Waals surface area contributed by atoms with Crippen LogP contribution in [0.2, 0.25) is 0 Å². The fourth-order valence-electron chi connectivity index (χ4n) is 4.45. The molecule has 0 aliphatic rings. The molecule has 0 fully saturated rings. The van der Waals surface area contributed by atoms with Gasteiger partial charge >= 0.3 is 0 Å². The molecule has 5 heteroatoms. The summed E-state index contributed by atoms with van der Waals surface area (Å²) in [6.07, 6.45) is 0. The van der Waals surface area contributed by atoms with E-state index in [9.17, 15) is 9.13 Å². The second-order valence-electron chi connectivity index (χ2n) is 8.72. The standard InChI is InChI=1S/C31H25IO2P2/c1-24-12-16-28(17-13-24)35(33,26-8-4-2-5-9-26)30-20-22-31(23-21-30)36(34,27-10-6-3-7-11-27)29-18-14-25(32)15-19-29/h2-23H,1H3. The Balaban J connectivity index is 1.67. The van der Waals surface area contributed by atoms with Crippen molar-refractivity contribution < 1.29 is 9.13 Å². The normalized spacial score (nSPS) is 14.5. The first-order chi connectivity index (χ1) is 17.4. The van der Waals surface area contributed by atoms with Gasteiger partial charge in [0.2, 0.25) is 0 Å². The molecule has 5 aromatic carbocycles. The Bertz CT molecular complexity index is 1440. The summed E-state index contributed by atoms with van der Waals surface area (Å²) < 4.78 is 30.7. The van der Waals surface area contributed by atoms with E-state index in [2.05, 4.69) is 22.6 Å². The minimum absolute atomic E-state index is 0.724. The summed E-state index contributed by atoms with van der Waals surface area (Å²) in [6.45, 7) is 2.03. The van der Waals surface area contributed by atoms with Gasteiger partial charge in [0, 0.05) is 35.4 Å². The molecule has 178 valence electrons. The van der Waals surface area contributed by atoms with Crippen molar-refractivity contribution in [2.75, 3.05) is 0 Å². The van der Waals surface area contributed by atoms with Crippen LogP contribution in [-0.2, 0) is 9.13 Å². The van der Waals surface area contributed by atoms with E-state index in [0.29, 0.717) is 0 Å². The number of halogens is 1. The smallest absolute Gasteiger partial charge is 0.171 e. The first-order valence-electron chi connectivity index (χ1n) is 11.7. The Morgan fingerprint density at radius 1 is 0.417 bits per heavy atom. The molecular formula is C31H25IO2P2. The van der Waals surface area contributed by atoms with Crippen LogP contribution in [0.1, 0.15) is 5.56 Å². The van der Waals surface area contributed by atoms with E-state index in [1.165, 1.54) is 0 Å². The van der Waals surface area contributed by atoms with Crippen LogP contribution in [-0.4, -0.2) is 0 Å². The van der Waals surface area contributed by atoms with Crippen molar-refractivity contribution in [2.24, 2.45) is 0 Å². The van der Waals surface area contributed by atoms with Gasteiger partial charge < -0.3 is 9.13 Å². The molecule has 2 nitrogen and oxygen atoms in total. The van der Waals surface area contributed by atoms with Gasteiger partial charge in [-0.3, -0.25) is 0 Å².